The second-order valence-corrected chi connectivity index (χ2v) is 10.8. The largest absolute Gasteiger partial charge is 0.325 e. The molecule has 0 spiro atoms. The first-order chi connectivity index (χ1) is 16.6. The van der Waals surface area contributed by atoms with Gasteiger partial charge in [-0.15, -0.1) is 0 Å². The average molecular weight is 505 g/mol. The Morgan fingerprint density at radius 2 is 1.49 bits per heavy atom. The molecule has 0 saturated carbocycles. The normalized spacial score (nSPS) is 15.3. The quantitative estimate of drug-likeness (QED) is 0.572. The number of carbonyl (C=O) groups excluding carboxylic acids is 2. The molecular weight excluding hydrogens is 471 g/mol. The van der Waals surface area contributed by atoms with Crippen molar-refractivity contribution in [2.45, 2.75) is 43.9 Å². The molecule has 0 aliphatic carbocycles. The van der Waals surface area contributed by atoms with Crippen LogP contribution in [-0.4, -0.2) is 62.7 Å². The van der Waals surface area contributed by atoms with Crippen LogP contribution in [0.5, 0.6) is 0 Å². The second-order valence-electron chi connectivity index (χ2n) is 8.93. The van der Waals surface area contributed by atoms with E-state index in [4.69, 9.17) is 0 Å². The molecule has 1 heterocycles. The summed E-state index contributed by atoms with van der Waals surface area (Å²) in [5.41, 5.74) is 1.33. The summed E-state index contributed by atoms with van der Waals surface area (Å²) < 4.78 is 41.5. The lowest BCUT2D eigenvalue weighted by Crippen LogP contribution is -2.36. The van der Waals surface area contributed by atoms with E-state index >= 15 is 0 Å². The molecule has 2 aromatic carbocycles. The highest BCUT2D eigenvalue weighted by Gasteiger charge is 2.26. The Bertz CT molecular complexity index is 1150. The third kappa shape index (κ3) is 7.84. The summed E-state index contributed by atoms with van der Waals surface area (Å²) in [4.78, 5) is 26.4. The van der Waals surface area contributed by atoms with Gasteiger partial charge in [0.2, 0.25) is 21.8 Å². The number of carbonyl (C=O) groups is 2. The van der Waals surface area contributed by atoms with Crippen LogP contribution in [-0.2, 0) is 19.6 Å². The van der Waals surface area contributed by atoms with Crippen molar-refractivity contribution in [3.8, 4) is 0 Å². The smallest absolute Gasteiger partial charge is 0.243 e. The van der Waals surface area contributed by atoms with Gasteiger partial charge in [0.1, 0.15) is 5.82 Å². The summed E-state index contributed by atoms with van der Waals surface area (Å²) in [6.45, 7) is 2.58. The molecule has 0 radical (unpaired) electrons. The molecule has 10 heteroatoms. The number of rotatable bonds is 8. The highest BCUT2D eigenvalue weighted by Crippen LogP contribution is 2.25. The van der Waals surface area contributed by atoms with Crippen LogP contribution in [0.2, 0.25) is 0 Å². The van der Waals surface area contributed by atoms with Gasteiger partial charge in [0, 0.05) is 24.5 Å². The molecule has 1 aliphatic heterocycles. The third-order valence-corrected chi connectivity index (χ3v) is 7.88. The fraction of sp³-hybridized carbons (Fsp3) is 0.440. The van der Waals surface area contributed by atoms with Gasteiger partial charge in [-0.2, -0.15) is 4.31 Å². The van der Waals surface area contributed by atoms with E-state index in [0.717, 1.165) is 32.1 Å². The Labute approximate surface area is 206 Å². The molecule has 2 N–H and O–H groups in total. The fourth-order valence-electron chi connectivity index (χ4n) is 4.07. The second kappa shape index (κ2) is 12.2. The van der Waals surface area contributed by atoms with Gasteiger partial charge >= 0.3 is 0 Å². The van der Waals surface area contributed by atoms with Gasteiger partial charge < -0.3 is 10.6 Å². The van der Waals surface area contributed by atoms with Gasteiger partial charge in [-0.1, -0.05) is 31.4 Å². The van der Waals surface area contributed by atoms with Crippen LogP contribution in [0.3, 0.4) is 0 Å². The third-order valence-electron chi connectivity index (χ3n) is 5.84. The molecule has 0 atom stereocenters. The fourth-order valence-corrected chi connectivity index (χ4v) is 5.84. The van der Waals surface area contributed by atoms with E-state index < -0.39 is 15.8 Å². The van der Waals surface area contributed by atoms with Crippen LogP contribution in [0.1, 0.15) is 37.7 Å². The van der Waals surface area contributed by atoms with Crippen molar-refractivity contribution in [2.24, 2.45) is 0 Å². The Morgan fingerprint density at radius 3 is 2.09 bits per heavy atom. The Morgan fingerprint density at radius 1 is 0.914 bits per heavy atom. The van der Waals surface area contributed by atoms with Crippen molar-refractivity contribution < 1.29 is 22.4 Å². The van der Waals surface area contributed by atoms with Crippen LogP contribution in [0.25, 0.3) is 0 Å². The number of anilines is 2. The van der Waals surface area contributed by atoms with E-state index in [9.17, 15) is 22.4 Å². The Kier molecular flexibility index (Phi) is 9.36. The maximum atomic E-state index is 13.3. The van der Waals surface area contributed by atoms with Crippen molar-refractivity contribution in [2.75, 3.05) is 43.9 Å². The number of nitrogens with one attached hydrogen (secondary N) is 2. The molecule has 190 valence electrons. The molecule has 1 fully saturated rings. The minimum atomic E-state index is -3.67. The molecule has 0 unspecified atom stereocenters. The molecule has 8 nitrogen and oxygen atoms in total. The van der Waals surface area contributed by atoms with Crippen LogP contribution in [0, 0.1) is 12.7 Å². The van der Waals surface area contributed by atoms with Crippen LogP contribution in [0.15, 0.2) is 47.4 Å². The number of aryl methyl sites for hydroxylation is 1. The zero-order valence-corrected chi connectivity index (χ0v) is 21.0. The first kappa shape index (κ1) is 26.8. The minimum absolute atomic E-state index is 0.0770. The van der Waals surface area contributed by atoms with Crippen molar-refractivity contribution in [1.82, 2.24) is 9.21 Å². The lowest BCUT2D eigenvalue weighted by atomic mass is 10.1. The lowest BCUT2D eigenvalue weighted by Gasteiger charge is -2.25. The van der Waals surface area contributed by atoms with Gasteiger partial charge in [-0.25, -0.2) is 12.8 Å². The number of nitrogens with zero attached hydrogens (tertiary/aromatic N) is 2. The van der Waals surface area contributed by atoms with E-state index in [0.29, 0.717) is 30.0 Å². The van der Waals surface area contributed by atoms with Crippen LogP contribution < -0.4 is 10.6 Å². The van der Waals surface area contributed by atoms with E-state index in [-0.39, 0.29) is 29.8 Å². The zero-order valence-electron chi connectivity index (χ0n) is 20.2. The topological polar surface area (TPSA) is 98.8 Å². The predicted octanol–water partition coefficient (Wildman–Crippen LogP) is 3.60. The molecule has 2 aromatic rings. The Balaban J connectivity index is 1.60. The van der Waals surface area contributed by atoms with Gasteiger partial charge in [0.05, 0.1) is 18.0 Å². The monoisotopic (exact) mass is 504 g/mol. The van der Waals surface area contributed by atoms with Crippen molar-refractivity contribution in [3.05, 3.63) is 53.8 Å². The molecule has 1 aliphatic rings. The molecule has 3 rings (SSSR count). The maximum absolute atomic E-state index is 13.3. The summed E-state index contributed by atoms with van der Waals surface area (Å²) in [6.07, 6.45) is 4.86. The number of halogens is 1. The van der Waals surface area contributed by atoms with Crippen LogP contribution >= 0.6 is 0 Å². The number of amides is 2. The zero-order chi connectivity index (χ0) is 25.4. The molecule has 35 heavy (non-hydrogen) atoms. The van der Waals surface area contributed by atoms with E-state index in [1.165, 1.54) is 29.2 Å². The molecule has 1 saturated heterocycles. The van der Waals surface area contributed by atoms with Crippen molar-refractivity contribution in [1.29, 1.82) is 0 Å². The number of hydrogen-bond acceptors (Lipinski definition) is 5. The number of hydrogen-bond donors (Lipinski definition) is 2. The first-order valence-electron chi connectivity index (χ1n) is 11.8. The lowest BCUT2D eigenvalue weighted by molar-refractivity contribution is -0.119. The summed E-state index contributed by atoms with van der Waals surface area (Å²) in [6, 6.07) is 10.4. The molecular formula is C25H33FN4O4S. The van der Waals surface area contributed by atoms with E-state index in [1.807, 2.05) is 0 Å². The van der Waals surface area contributed by atoms with E-state index in [1.54, 1.807) is 36.5 Å². The summed E-state index contributed by atoms with van der Waals surface area (Å²) >= 11 is 0. The van der Waals surface area contributed by atoms with Gasteiger partial charge in [0.25, 0.3) is 0 Å². The van der Waals surface area contributed by atoms with E-state index in [2.05, 4.69) is 10.6 Å². The van der Waals surface area contributed by atoms with Gasteiger partial charge in [-0.3, -0.25) is 14.5 Å². The predicted molar refractivity (Wildman–Crippen MR) is 134 cm³/mol. The van der Waals surface area contributed by atoms with Gasteiger partial charge in [-0.05, 0) is 62.7 Å². The number of likely N-dealkylation sites (N-methyl/N-ethyl adjacent to an activating group) is 1. The average Bonchev–Trinajstić information content (AvgIpc) is 2.74. The number of benzene rings is 2. The first-order valence-corrected chi connectivity index (χ1v) is 13.2. The highest BCUT2D eigenvalue weighted by atomic mass is 32.2. The summed E-state index contributed by atoms with van der Waals surface area (Å²) in [7, 11) is -2.06. The molecule has 2 amide bonds. The number of sulfonamides is 1. The Hall–Kier alpha value is -2.82. The minimum Gasteiger partial charge on any atom is -0.325 e. The highest BCUT2D eigenvalue weighted by molar-refractivity contribution is 7.89. The standard InChI is InChI=1S/C25H33FN4O4S/c1-19-11-12-22(16-23(19)35(33,34)30-13-6-4-3-5-7-14-30)28-25(32)18-29(2)17-24(31)27-21-10-8-9-20(26)15-21/h8-12,15-16H,3-7,13-14,17-18H2,1-2H3,(H,27,31)(H,28,32). The van der Waals surface area contributed by atoms with Crippen molar-refractivity contribution in [3.63, 3.8) is 0 Å². The molecule has 0 bridgehead atoms. The van der Waals surface area contributed by atoms with Crippen LogP contribution in [0.4, 0.5) is 15.8 Å². The summed E-state index contributed by atoms with van der Waals surface area (Å²) in [5, 5.41) is 5.31. The SMILES string of the molecule is Cc1ccc(NC(=O)CN(C)CC(=O)Nc2cccc(F)c2)cc1S(=O)(=O)N1CCCCCCC1. The molecule has 0 aromatic heterocycles. The maximum Gasteiger partial charge on any atom is 0.243 e. The summed E-state index contributed by atoms with van der Waals surface area (Å²) in [5.74, 6) is -1.23. The van der Waals surface area contributed by atoms with Crippen molar-refractivity contribution >= 4 is 33.2 Å². The van der Waals surface area contributed by atoms with Gasteiger partial charge in [0.15, 0.2) is 0 Å².